The Bertz CT molecular complexity index is 687. The van der Waals surface area contributed by atoms with E-state index in [4.69, 9.17) is 0 Å². The summed E-state index contributed by atoms with van der Waals surface area (Å²) < 4.78 is 53.1. The number of hydrogen-bond acceptors (Lipinski definition) is 3. The smallest absolute Gasteiger partial charge is 0.246 e. The average Bonchev–Trinajstić information content (AvgIpc) is 2.57. The molecule has 1 aromatic rings. The number of sulfonamides is 1. The van der Waals surface area contributed by atoms with Crippen molar-refractivity contribution in [1.29, 1.82) is 0 Å². The van der Waals surface area contributed by atoms with Gasteiger partial charge in [-0.2, -0.15) is 4.31 Å². The summed E-state index contributed by atoms with van der Waals surface area (Å²) in [5, 5.41) is 2.84. The molecule has 0 spiro atoms. The van der Waals surface area contributed by atoms with E-state index in [0.29, 0.717) is 25.5 Å². The number of unbranched alkanes of at least 4 members (excludes halogenated alkanes) is 1. The van der Waals surface area contributed by atoms with E-state index in [1.54, 1.807) is 0 Å². The maximum Gasteiger partial charge on any atom is 0.246 e. The molecule has 1 heterocycles. The van der Waals surface area contributed by atoms with Gasteiger partial charge in [0.25, 0.3) is 0 Å². The number of carbonyl (C=O) groups is 1. The number of piperidine rings is 1. The number of hydrogen-bond donors (Lipinski definition) is 1. The summed E-state index contributed by atoms with van der Waals surface area (Å²) in [6.07, 6.45) is 2.62. The van der Waals surface area contributed by atoms with E-state index in [0.717, 1.165) is 29.3 Å². The summed E-state index contributed by atoms with van der Waals surface area (Å²) in [4.78, 5) is 11.4. The Kier molecular flexibility index (Phi) is 6.28. The van der Waals surface area contributed by atoms with Gasteiger partial charge in [0.05, 0.1) is 0 Å². The first-order chi connectivity index (χ1) is 11.4. The zero-order valence-corrected chi connectivity index (χ0v) is 14.4. The summed E-state index contributed by atoms with van der Waals surface area (Å²) in [6.45, 7) is 2.87. The fourth-order valence-electron chi connectivity index (χ4n) is 2.71. The van der Waals surface area contributed by atoms with Crippen LogP contribution in [0.25, 0.3) is 0 Å². The van der Waals surface area contributed by atoms with Gasteiger partial charge in [-0.3, -0.25) is 4.79 Å². The Morgan fingerprint density at radius 2 is 1.96 bits per heavy atom. The van der Waals surface area contributed by atoms with E-state index in [-0.39, 0.29) is 24.9 Å². The Morgan fingerprint density at radius 3 is 2.58 bits per heavy atom. The Hall–Kier alpha value is -1.54. The molecule has 24 heavy (non-hydrogen) atoms. The predicted molar refractivity (Wildman–Crippen MR) is 85.8 cm³/mol. The molecule has 1 aromatic carbocycles. The standard InChI is InChI=1S/C16H22F2N2O3S/c1-2-3-8-19-16(21)12-6-9-20(10-7-12)24(22,23)15-11-13(17)4-5-14(15)18/h4-5,11-12H,2-3,6-10H2,1H3,(H,19,21). The fraction of sp³-hybridized carbons (Fsp3) is 0.562. The van der Waals surface area contributed by atoms with Gasteiger partial charge in [0, 0.05) is 25.6 Å². The van der Waals surface area contributed by atoms with Crippen LogP contribution in [0.1, 0.15) is 32.6 Å². The van der Waals surface area contributed by atoms with Gasteiger partial charge in [0.15, 0.2) is 0 Å². The summed E-state index contributed by atoms with van der Waals surface area (Å²) in [5.74, 6) is -2.10. The van der Waals surface area contributed by atoms with Crippen molar-refractivity contribution in [3.8, 4) is 0 Å². The molecule has 1 amide bonds. The van der Waals surface area contributed by atoms with Crippen LogP contribution in [0.5, 0.6) is 0 Å². The largest absolute Gasteiger partial charge is 0.356 e. The van der Waals surface area contributed by atoms with Crippen LogP contribution in [0, 0.1) is 17.6 Å². The van der Waals surface area contributed by atoms with Gasteiger partial charge in [0.2, 0.25) is 15.9 Å². The zero-order chi connectivity index (χ0) is 17.7. The lowest BCUT2D eigenvalue weighted by molar-refractivity contribution is -0.126. The van der Waals surface area contributed by atoms with Crippen LogP contribution in [-0.4, -0.2) is 38.3 Å². The number of rotatable bonds is 6. The zero-order valence-electron chi connectivity index (χ0n) is 13.6. The first kappa shape index (κ1) is 18.8. The van der Waals surface area contributed by atoms with E-state index in [2.05, 4.69) is 5.32 Å². The first-order valence-electron chi connectivity index (χ1n) is 8.09. The maximum atomic E-state index is 13.8. The van der Waals surface area contributed by atoms with Gasteiger partial charge in [0.1, 0.15) is 16.5 Å². The second kappa shape index (κ2) is 8.02. The normalized spacial score (nSPS) is 17.0. The molecule has 5 nitrogen and oxygen atoms in total. The number of nitrogens with zero attached hydrogens (tertiary/aromatic N) is 1. The third kappa shape index (κ3) is 4.30. The number of halogens is 2. The summed E-state index contributed by atoms with van der Waals surface area (Å²) >= 11 is 0. The second-order valence-corrected chi connectivity index (χ2v) is 7.80. The highest BCUT2D eigenvalue weighted by Crippen LogP contribution is 2.26. The van der Waals surface area contributed by atoms with Crippen LogP contribution in [0.4, 0.5) is 8.78 Å². The van der Waals surface area contributed by atoms with Gasteiger partial charge in [-0.05, 0) is 37.5 Å². The third-order valence-electron chi connectivity index (χ3n) is 4.17. The molecule has 0 bridgehead atoms. The van der Waals surface area contributed by atoms with E-state index in [9.17, 15) is 22.0 Å². The number of carbonyl (C=O) groups excluding carboxylic acids is 1. The highest BCUT2D eigenvalue weighted by molar-refractivity contribution is 7.89. The van der Waals surface area contributed by atoms with Crippen molar-refractivity contribution in [3.63, 3.8) is 0 Å². The van der Waals surface area contributed by atoms with Crippen molar-refractivity contribution in [2.75, 3.05) is 19.6 Å². The molecule has 0 aliphatic carbocycles. The van der Waals surface area contributed by atoms with Gasteiger partial charge < -0.3 is 5.32 Å². The van der Waals surface area contributed by atoms with Gasteiger partial charge in [-0.1, -0.05) is 13.3 Å². The maximum absolute atomic E-state index is 13.8. The van der Waals surface area contributed by atoms with E-state index in [1.165, 1.54) is 0 Å². The predicted octanol–water partition coefficient (Wildman–Crippen LogP) is 2.28. The molecule has 0 atom stereocenters. The molecule has 1 N–H and O–H groups in total. The van der Waals surface area contributed by atoms with E-state index >= 15 is 0 Å². The number of amides is 1. The molecule has 0 radical (unpaired) electrons. The van der Waals surface area contributed by atoms with Crippen LogP contribution in [0.2, 0.25) is 0 Å². The van der Waals surface area contributed by atoms with E-state index in [1.807, 2.05) is 6.92 Å². The number of nitrogens with one attached hydrogen (secondary N) is 1. The SMILES string of the molecule is CCCCNC(=O)C1CCN(S(=O)(=O)c2cc(F)ccc2F)CC1. The van der Waals surface area contributed by atoms with Crippen LogP contribution >= 0.6 is 0 Å². The molecule has 0 aromatic heterocycles. The van der Waals surface area contributed by atoms with Crippen LogP contribution in [-0.2, 0) is 14.8 Å². The topological polar surface area (TPSA) is 66.5 Å². The monoisotopic (exact) mass is 360 g/mol. The molecule has 0 saturated carbocycles. The Labute approximate surface area is 141 Å². The van der Waals surface area contributed by atoms with Crippen molar-refractivity contribution in [3.05, 3.63) is 29.8 Å². The molecular weight excluding hydrogens is 338 g/mol. The minimum absolute atomic E-state index is 0.0718. The summed E-state index contributed by atoms with van der Waals surface area (Å²) in [5.41, 5.74) is 0. The van der Waals surface area contributed by atoms with Crippen LogP contribution in [0.3, 0.4) is 0 Å². The van der Waals surface area contributed by atoms with Crippen LogP contribution in [0.15, 0.2) is 23.1 Å². The minimum atomic E-state index is -4.10. The molecule has 1 aliphatic heterocycles. The molecule has 1 fully saturated rings. The lowest BCUT2D eigenvalue weighted by Crippen LogP contribution is -2.43. The lowest BCUT2D eigenvalue weighted by atomic mass is 9.97. The summed E-state index contributed by atoms with van der Waals surface area (Å²) in [7, 11) is -4.10. The average molecular weight is 360 g/mol. The van der Waals surface area contributed by atoms with Crippen molar-refractivity contribution in [1.82, 2.24) is 9.62 Å². The fourth-order valence-corrected chi connectivity index (χ4v) is 4.25. The lowest BCUT2D eigenvalue weighted by Gasteiger charge is -2.30. The summed E-state index contributed by atoms with van der Waals surface area (Å²) in [6, 6.07) is 2.37. The van der Waals surface area contributed by atoms with E-state index < -0.39 is 26.6 Å². The minimum Gasteiger partial charge on any atom is -0.356 e. The second-order valence-electron chi connectivity index (χ2n) is 5.90. The van der Waals surface area contributed by atoms with Crippen molar-refractivity contribution in [2.24, 2.45) is 5.92 Å². The quantitative estimate of drug-likeness (QED) is 0.792. The molecule has 0 unspecified atom stereocenters. The molecule has 134 valence electrons. The van der Waals surface area contributed by atoms with Gasteiger partial charge in [-0.15, -0.1) is 0 Å². The molecule has 2 rings (SSSR count). The van der Waals surface area contributed by atoms with Crippen LogP contribution < -0.4 is 5.32 Å². The highest BCUT2D eigenvalue weighted by atomic mass is 32.2. The molecule has 1 aliphatic rings. The Balaban J connectivity index is 2.01. The van der Waals surface area contributed by atoms with Gasteiger partial charge in [-0.25, -0.2) is 17.2 Å². The van der Waals surface area contributed by atoms with Crippen molar-refractivity contribution < 1.29 is 22.0 Å². The van der Waals surface area contributed by atoms with Gasteiger partial charge >= 0.3 is 0 Å². The Morgan fingerprint density at radius 1 is 1.29 bits per heavy atom. The first-order valence-corrected chi connectivity index (χ1v) is 9.53. The molecule has 1 saturated heterocycles. The molecular formula is C16H22F2N2O3S. The van der Waals surface area contributed by atoms with Crippen molar-refractivity contribution >= 4 is 15.9 Å². The molecule has 8 heteroatoms. The third-order valence-corrected chi connectivity index (χ3v) is 6.08. The van der Waals surface area contributed by atoms with Crippen molar-refractivity contribution in [2.45, 2.75) is 37.5 Å². The highest BCUT2D eigenvalue weighted by Gasteiger charge is 2.33. The number of benzene rings is 1.